The number of ether oxygens (including phenoxy) is 7. The highest BCUT2D eigenvalue weighted by atomic mass is 16.7. The fourth-order valence-electron chi connectivity index (χ4n) is 4.12. The van der Waals surface area contributed by atoms with Crippen molar-refractivity contribution in [3.8, 4) is 17.2 Å². The molecule has 1 aliphatic heterocycles. The molecule has 1 heterocycles. The van der Waals surface area contributed by atoms with E-state index in [0.29, 0.717) is 17.2 Å². The molecule has 3 aromatic rings. The molecule has 222 valence electrons. The molecule has 12 nitrogen and oxygen atoms in total. The van der Waals surface area contributed by atoms with E-state index >= 15 is 0 Å². The summed E-state index contributed by atoms with van der Waals surface area (Å²) >= 11 is 0. The number of carbonyl (C=O) groups excluding carboxylic acids is 3. The van der Waals surface area contributed by atoms with E-state index in [4.69, 9.17) is 33.2 Å². The van der Waals surface area contributed by atoms with Crippen molar-refractivity contribution in [3.63, 3.8) is 0 Å². The molecule has 0 saturated carbocycles. The topological polar surface area (TPSA) is 156 Å². The number of aliphatic hydroxyl groups is 2. The van der Waals surface area contributed by atoms with Gasteiger partial charge in [0, 0.05) is 0 Å². The Kier molecular flexibility index (Phi) is 9.97. The van der Waals surface area contributed by atoms with Crippen LogP contribution < -0.4 is 14.2 Å². The SMILES string of the molecule is COc1ccc(C(=O)OC[C@H]2OC(O)[C@@H](O)[C@@H](OC(=O)c3ccc(OC)cc3)[C@@H]2OC(=O)c2ccc(OC)cc2)cc1. The van der Waals surface area contributed by atoms with Gasteiger partial charge < -0.3 is 43.4 Å². The average Bonchev–Trinajstić information content (AvgIpc) is 3.03. The molecular formula is C30H30O12. The predicted molar refractivity (Wildman–Crippen MR) is 145 cm³/mol. The third-order valence-corrected chi connectivity index (χ3v) is 6.48. The zero-order valence-corrected chi connectivity index (χ0v) is 23.0. The molecule has 12 heteroatoms. The van der Waals surface area contributed by atoms with Crippen LogP contribution in [-0.4, -0.2) is 86.8 Å². The van der Waals surface area contributed by atoms with E-state index in [9.17, 15) is 24.6 Å². The van der Waals surface area contributed by atoms with E-state index in [1.165, 1.54) is 69.9 Å². The van der Waals surface area contributed by atoms with E-state index < -0.39 is 55.2 Å². The minimum Gasteiger partial charge on any atom is -0.497 e. The highest BCUT2D eigenvalue weighted by Crippen LogP contribution is 2.28. The highest BCUT2D eigenvalue weighted by molar-refractivity contribution is 5.91. The van der Waals surface area contributed by atoms with E-state index in [1.807, 2.05) is 0 Å². The molecule has 4 rings (SSSR count). The maximum Gasteiger partial charge on any atom is 0.338 e. The molecule has 0 amide bonds. The van der Waals surface area contributed by atoms with Crippen molar-refractivity contribution in [2.75, 3.05) is 27.9 Å². The Bertz CT molecular complexity index is 1350. The van der Waals surface area contributed by atoms with Crippen LogP contribution in [0, 0.1) is 0 Å². The fourth-order valence-corrected chi connectivity index (χ4v) is 4.12. The smallest absolute Gasteiger partial charge is 0.338 e. The number of benzene rings is 3. The summed E-state index contributed by atoms with van der Waals surface area (Å²) in [6, 6.07) is 18.1. The van der Waals surface area contributed by atoms with Crippen LogP contribution in [0.25, 0.3) is 0 Å². The van der Waals surface area contributed by atoms with Crippen molar-refractivity contribution in [2.24, 2.45) is 0 Å². The third-order valence-electron chi connectivity index (χ3n) is 6.48. The van der Waals surface area contributed by atoms with Crippen LogP contribution in [-0.2, 0) is 18.9 Å². The number of hydrogen-bond donors (Lipinski definition) is 2. The van der Waals surface area contributed by atoms with Gasteiger partial charge in [0.25, 0.3) is 0 Å². The van der Waals surface area contributed by atoms with Gasteiger partial charge in [-0.05, 0) is 72.8 Å². The van der Waals surface area contributed by atoms with Crippen LogP contribution in [0.1, 0.15) is 31.1 Å². The Balaban J connectivity index is 1.57. The van der Waals surface area contributed by atoms with Gasteiger partial charge in [-0.2, -0.15) is 0 Å². The molecule has 42 heavy (non-hydrogen) atoms. The van der Waals surface area contributed by atoms with Crippen LogP contribution in [0.4, 0.5) is 0 Å². The van der Waals surface area contributed by atoms with Crippen molar-refractivity contribution in [1.29, 1.82) is 0 Å². The first kappa shape index (κ1) is 30.3. The summed E-state index contributed by atoms with van der Waals surface area (Å²) in [5, 5.41) is 21.2. The zero-order valence-electron chi connectivity index (χ0n) is 23.0. The fraction of sp³-hybridized carbons (Fsp3) is 0.300. The summed E-state index contributed by atoms with van der Waals surface area (Å²) in [6.45, 7) is -0.522. The van der Waals surface area contributed by atoms with Gasteiger partial charge >= 0.3 is 17.9 Å². The average molecular weight is 583 g/mol. The molecular weight excluding hydrogens is 552 g/mol. The van der Waals surface area contributed by atoms with Crippen molar-refractivity contribution < 1.29 is 57.8 Å². The minimum atomic E-state index is -1.86. The van der Waals surface area contributed by atoms with Gasteiger partial charge in [0.2, 0.25) is 0 Å². The first-order valence-corrected chi connectivity index (χ1v) is 12.8. The van der Waals surface area contributed by atoms with Crippen molar-refractivity contribution in [2.45, 2.75) is 30.7 Å². The second-order valence-corrected chi connectivity index (χ2v) is 9.08. The van der Waals surface area contributed by atoms with Crippen LogP contribution in [0.2, 0.25) is 0 Å². The van der Waals surface area contributed by atoms with Gasteiger partial charge in [-0.25, -0.2) is 14.4 Å². The van der Waals surface area contributed by atoms with Crippen LogP contribution >= 0.6 is 0 Å². The maximum absolute atomic E-state index is 13.1. The van der Waals surface area contributed by atoms with Gasteiger partial charge in [0.1, 0.15) is 36.1 Å². The molecule has 1 aliphatic rings. The Labute approximate surface area is 241 Å². The number of hydrogen-bond acceptors (Lipinski definition) is 12. The lowest BCUT2D eigenvalue weighted by Crippen LogP contribution is -2.61. The van der Waals surface area contributed by atoms with Gasteiger partial charge in [-0.15, -0.1) is 0 Å². The number of rotatable bonds is 10. The van der Waals surface area contributed by atoms with Gasteiger partial charge in [-0.1, -0.05) is 0 Å². The molecule has 0 bridgehead atoms. The Morgan fingerprint density at radius 3 is 1.40 bits per heavy atom. The van der Waals surface area contributed by atoms with Crippen LogP contribution in [0.5, 0.6) is 17.2 Å². The van der Waals surface area contributed by atoms with Gasteiger partial charge in [0.15, 0.2) is 18.5 Å². The Hall–Kier alpha value is -4.65. The summed E-state index contributed by atoms with van der Waals surface area (Å²) < 4.78 is 37.3. The maximum atomic E-state index is 13.1. The number of methoxy groups -OCH3 is 3. The van der Waals surface area contributed by atoms with E-state index in [1.54, 1.807) is 24.3 Å². The lowest BCUT2D eigenvalue weighted by molar-refractivity contribution is -0.285. The predicted octanol–water partition coefficient (Wildman–Crippen LogP) is 2.40. The second-order valence-electron chi connectivity index (χ2n) is 9.08. The first-order chi connectivity index (χ1) is 20.2. The lowest BCUT2D eigenvalue weighted by Gasteiger charge is -2.41. The first-order valence-electron chi connectivity index (χ1n) is 12.8. The van der Waals surface area contributed by atoms with Gasteiger partial charge in [-0.3, -0.25) is 0 Å². The van der Waals surface area contributed by atoms with Crippen molar-refractivity contribution >= 4 is 17.9 Å². The zero-order chi connectivity index (χ0) is 30.2. The molecule has 0 aliphatic carbocycles. The van der Waals surface area contributed by atoms with E-state index in [-0.39, 0.29) is 16.7 Å². The summed E-state index contributed by atoms with van der Waals surface area (Å²) in [4.78, 5) is 38.8. The van der Waals surface area contributed by atoms with Crippen molar-refractivity contribution in [1.82, 2.24) is 0 Å². The number of aliphatic hydroxyl groups excluding tert-OH is 2. The Morgan fingerprint density at radius 2 is 1.00 bits per heavy atom. The van der Waals surface area contributed by atoms with Crippen LogP contribution in [0.15, 0.2) is 72.8 Å². The standard InChI is InChI=1S/C30H30O12/c1-36-20-10-4-17(5-11-20)27(32)39-16-23-25(41-28(33)18-6-12-21(37-2)13-7-18)26(24(31)30(35)40-23)42-29(34)19-8-14-22(38-3)15-9-19/h4-15,23-26,30-31,35H,16H2,1-3H3/t23-,24+,25-,26-,30?/m1/s1. The summed E-state index contributed by atoms with van der Waals surface area (Å²) in [7, 11) is 4.42. The number of esters is 3. The Morgan fingerprint density at radius 1 is 0.619 bits per heavy atom. The largest absolute Gasteiger partial charge is 0.497 e. The molecule has 3 aromatic carbocycles. The van der Waals surface area contributed by atoms with E-state index in [2.05, 4.69) is 0 Å². The highest BCUT2D eigenvalue weighted by Gasteiger charge is 2.50. The molecule has 1 fully saturated rings. The van der Waals surface area contributed by atoms with Gasteiger partial charge in [0.05, 0.1) is 38.0 Å². The number of carbonyl (C=O) groups is 3. The molecule has 1 unspecified atom stereocenters. The minimum absolute atomic E-state index is 0.103. The summed E-state index contributed by atoms with van der Waals surface area (Å²) in [5.41, 5.74) is 0.416. The summed E-state index contributed by atoms with van der Waals surface area (Å²) in [6.07, 6.45) is -8.10. The molecule has 0 radical (unpaired) electrons. The molecule has 0 spiro atoms. The van der Waals surface area contributed by atoms with Crippen LogP contribution in [0.3, 0.4) is 0 Å². The molecule has 5 atom stereocenters. The molecule has 0 aromatic heterocycles. The monoisotopic (exact) mass is 582 g/mol. The van der Waals surface area contributed by atoms with E-state index in [0.717, 1.165) is 0 Å². The normalized spacial score (nSPS) is 21.5. The second kappa shape index (κ2) is 13.8. The third kappa shape index (κ3) is 7.16. The summed E-state index contributed by atoms with van der Waals surface area (Å²) in [5.74, 6) is -0.943. The molecule has 1 saturated heterocycles. The molecule has 2 N–H and O–H groups in total. The van der Waals surface area contributed by atoms with Crippen molar-refractivity contribution in [3.05, 3.63) is 89.5 Å². The quantitative estimate of drug-likeness (QED) is 0.266. The lowest BCUT2D eigenvalue weighted by atomic mass is 9.98.